The van der Waals surface area contributed by atoms with Gasteiger partial charge in [0.15, 0.2) is 0 Å². The van der Waals surface area contributed by atoms with Crippen LogP contribution in [0.25, 0.3) is 10.9 Å². The van der Waals surface area contributed by atoms with Gasteiger partial charge in [-0.3, -0.25) is 4.79 Å². The summed E-state index contributed by atoms with van der Waals surface area (Å²) in [7, 11) is 1.82. The number of H-pyrrole nitrogens is 1. The molecule has 1 aliphatic rings. The minimum absolute atomic E-state index is 0.0581. The number of nitrogens with one attached hydrogen (secondary N) is 2. The third-order valence-corrected chi connectivity index (χ3v) is 5.10. The number of hydrogen-bond acceptors (Lipinski definition) is 7. The summed E-state index contributed by atoms with van der Waals surface area (Å²) >= 11 is 0. The maximum atomic E-state index is 12.4. The lowest BCUT2D eigenvalue weighted by atomic mass is 9.99. The van der Waals surface area contributed by atoms with Gasteiger partial charge in [-0.05, 0) is 31.2 Å². The minimum Gasteiger partial charge on any atom is -0.466 e. The zero-order chi connectivity index (χ0) is 23.6. The Bertz CT molecular complexity index is 1040. The molecule has 1 aliphatic heterocycles. The van der Waals surface area contributed by atoms with Crippen LogP contribution in [0.5, 0.6) is 0 Å². The smallest absolute Gasteiger partial charge is 0.407 e. The summed E-state index contributed by atoms with van der Waals surface area (Å²) in [5.41, 5.74) is 2.46. The van der Waals surface area contributed by atoms with Gasteiger partial charge < -0.3 is 29.4 Å². The molecule has 1 amide bonds. The minimum atomic E-state index is -0.696. The molecule has 0 saturated carbocycles. The molecule has 33 heavy (non-hydrogen) atoms. The first kappa shape index (κ1) is 23.9. The Morgan fingerprint density at radius 3 is 2.73 bits per heavy atom. The first-order valence-electron chi connectivity index (χ1n) is 10.9. The van der Waals surface area contributed by atoms with Crippen molar-refractivity contribution in [3.63, 3.8) is 0 Å². The van der Waals surface area contributed by atoms with Crippen LogP contribution in [0, 0.1) is 5.92 Å². The van der Waals surface area contributed by atoms with Crippen LogP contribution in [0.1, 0.15) is 18.9 Å². The number of allylic oxidation sites excluding steroid dienone is 1. The molecule has 3 rings (SSSR count). The molecule has 1 atom stereocenters. The van der Waals surface area contributed by atoms with Crippen molar-refractivity contribution in [3.05, 3.63) is 60.1 Å². The van der Waals surface area contributed by atoms with E-state index in [1.807, 2.05) is 49.8 Å². The SMILES string of the molecule is CCOC(=O)C(CNC(=O)OCCOC(=O)C1=CN(C)C=CC1)Cc1c[nH]c2ccccc12. The molecule has 2 aromatic rings. The highest BCUT2D eigenvalue weighted by Gasteiger charge is 2.23. The van der Waals surface area contributed by atoms with E-state index in [0.29, 0.717) is 18.4 Å². The van der Waals surface area contributed by atoms with Crippen LogP contribution in [0.2, 0.25) is 0 Å². The molecule has 2 N–H and O–H groups in total. The highest BCUT2D eigenvalue weighted by atomic mass is 16.6. The lowest BCUT2D eigenvalue weighted by molar-refractivity contribution is -0.147. The number of rotatable bonds is 10. The third kappa shape index (κ3) is 6.86. The van der Waals surface area contributed by atoms with Crippen LogP contribution < -0.4 is 5.32 Å². The van der Waals surface area contributed by atoms with Gasteiger partial charge in [-0.1, -0.05) is 24.3 Å². The number of aromatic amines is 1. The molecule has 0 radical (unpaired) electrons. The second kappa shape index (κ2) is 11.8. The van der Waals surface area contributed by atoms with Gasteiger partial charge in [0.1, 0.15) is 13.2 Å². The second-order valence-electron chi connectivity index (χ2n) is 7.57. The number of carbonyl (C=O) groups is 3. The van der Waals surface area contributed by atoms with Gasteiger partial charge in [-0.2, -0.15) is 0 Å². The Balaban J connectivity index is 1.45. The molecule has 0 saturated heterocycles. The number of esters is 2. The Morgan fingerprint density at radius 1 is 1.15 bits per heavy atom. The molecular weight excluding hydrogens is 426 g/mol. The molecule has 1 aromatic carbocycles. The number of nitrogens with zero attached hydrogens (tertiary/aromatic N) is 1. The zero-order valence-corrected chi connectivity index (χ0v) is 18.8. The number of hydrogen-bond donors (Lipinski definition) is 2. The number of para-hydroxylation sites is 1. The van der Waals surface area contributed by atoms with Crippen molar-refractivity contribution in [1.82, 2.24) is 15.2 Å². The van der Waals surface area contributed by atoms with E-state index in [1.54, 1.807) is 18.0 Å². The Morgan fingerprint density at radius 2 is 1.94 bits per heavy atom. The maximum absolute atomic E-state index is 12.4. The Hall–Kier alpha value is -3.75. The van der Waals surface area contributed by atoms with E-state index in [2.05, 4.69) is 10.3 Å². The van der Waals surface area contributed by atoms with E-state index >= 15 is 0 Å². The highest BCUT2D eigenvalue weighted by molar-refractivity contribution is 5.89. The Labute approximate surface area is 192 Å². The third-order valence-electron chi connectivity index (χ3n) is 5.10. The van der Waals surface area contributed by atoms with Crippen molar-refractivity contribution in [2.75, 3.05) is 33.4 Å². The van der Waals surface area contributed by atoms with E-state index in [4.69, 9.17) is 14.2 Å². The fourth-order valence-corrected chi connectivity index (χ4v) is 3.51. The predicted octanol–water partition coefficient (Wildman–Crippen LogP) is 2.89. The first-order valence-corrected chi connectivity index (χ1v) is 10.9. The molecule has 1 unspecified atom stereocenters. The standard InChI is InChI=1S/C24H29N3O6/c1-3-31-23(29)19(13-18-14-25-21-9-5-4-8-20(18)21)15-26-24(30)33-12-11-32-22(28)17-7-6-10-27(2)16-17/h4-6,8-10,14,16,19,25H,3,7,11-13,15H2,1-2H3,(H,26,30). The predicted molar refractivity (Wildman–Crippen MR) is 122 cm³/mol. The van der Waals surface area contributed by atoms with E-state index in [0.717, 1.165) is 16.5 Å². The summed E-state index contributed by atoms with van der Waals surface area (Å²) in [6.07, 6.45) is 7.47. The fourth-order valence-electron chi connectivity index (χ4n) is 3.51. The summed E-state index contributed by atoms with van der Waals surface area (Å²) in [5, 5.41) is 3.62. The van der Waals surface area contributed by atoms with Crippen LogP contribution >= 0.6 is 0 Å². The highest BCUT2D eigenvalue weighted by Crippen LogP contribution is 2.21. The normalized spacial score (nSPS) is 13.9. The van der Waals surface area contributed by atoms with Crippen molar-refractivity contribution in [2.24, 2.45) is 5.92 Å². The van der Waals surface area contributed by atoms with Crippen LogP contribution in [0.15, 0.2) is 54.5 Å². The number of benzene rings is 1. The topological polar surface area (TPSA) is 110 Å². The molecule has 2 heterocycles. The van der Waals surface area contributed by atoms with Crippen molar-refractivity contribution in [3.8, 4) is 0 Å². The quantitative estimate of drug-likeness (QED) is 0.322. The summed E-state index contributed by atoms with van der Waals surface area (Å²) < 4.78 is 15.4. The van der Waals surface area contributed by atoms with Gasteiger partial charge in [-0.25, -0.2) is 9.59 Å². The lowest BCUT2D eigenvalue weighted by Gasteiger charge is -2.17. The monoisotopic (exact) mass is 455 g/mol. The average molecular weight is 456 g/mol. The van der Waals surface area contributed by atoms with Crippen LogP contribution in [0.3, 0.4) is 0 Å². The first-order chi connectivity index (χ1) is 16.0. The summed E-state index contributed by atoms with van der Waals surface area (Å²) in [6, 6.07) is 7.80. The fraction of sp³-hybridized carbons (Fsp3) is 0.375. The second-order valence-corrected chi connectivity index (χ2v) is 7.57. The van der Waals surface area contributed by atoms with E-state index in [1.165, 1.54) is 0 Å². The van der Waals surface area contributed by atoms with Gasteiger partial charge in [0.05, 0.1) is 18.1 Å². The van der Waals surface area contributed by atoms with Gasteiger partial charge in [0.25, 0.3) is 0 Å². The van der Waals surface area contributed by atoms with Crippen molar-refractivity contribution >= 4 is 28.9 Å². The lowest BCUT2D eigenvalue weighted by Crippen LogP contribution is -2.35. The number of fused-ring (bicyclic) bond motifs is 1. The summed E-state index contributed by atoms with van der Waals surface area (Å²) in [6.45, 7) is 1.89. The van der Waals surface area contributed by atoms with E-state index in [-0.39, 0.29) is 26.4 Å². The molecule has 0 spiro atoms. The van der Waals surface area contributed by atoms with E-state index < -0.39 is 23.9 Å². The number of alkyl carbamates (subject to hydrolysis) is 1. The van der Waals surface area contributed by atoms with Gasteiger partial charge >= 0.3 is 18.0 Å². The van der Waals surface area contributed by atoms with Crippen molar-refractivity contribution in [2.45, 2.75) is 19.8 Å². The van der Waals surface area contributed by atoms with Crippen molar-refractivity contribution < 1.29 is 28.6 Å². The summed E-state index contributed by atoms with van der Waals surface area (Å²) in [5.74, 6) is -1.41. The van der Waals surface area contributed by atoms with E-state index in [9.17, 15) is 14.4 Å². The zero-order valence-electron chi connectivity index (χ0n) is 18.8. The van der Waals surface area contributed by atoms with Gasteiger partial charge in [0.2, 0.25) is 0 Å². The van der Waals surface area contributed by atoms with Crippen LogP contribution in [-0.2, 0) is 30.2 Å². The molecule has 0 fully saturated rings. The van der Waals surface area contributed by atoms with Gasteiger partial charge in [0, 0.05) is 43.3 Å². The molecular formula is C24H29N3O6. The molecule has 176 valence electrons. The molecule has 0 bridgehead atoms. The largest absolute Gasteiger partial charge is 0.466 e. The van der Waals surface area contributed by atoms with Crippen LogP contribution in [-0.4, -0.2) is 61.3 Å². The van der Waals surface area contributed by atoms with Gasteiger partial charge in [-0.15, -0.1) is 0 Å². The molecule has 0 aliphatic carbocycles. The average Bonchev–Trinajstić information content (AvgIpc) is 3.22. The molecule has 1 aromatic heterocycles. The van der Waals surface area contributed by atoms with Crippen molar-refractivity contribution in [1.29, 1.82) is 0 Å². The molecule has 9 nitrogen and oxygen atoms in total. The number of ether oxygens (including phenoxy) is 3. The molecule has 9 heteroatoms. The van der Waals surface area contributed by atoms with Crippen LogP contribution in [0.4, 0.5) is 4.79 Å². The number of aromatic nitrogens is 1. The number of amides is 1. The number of carbonyl (C=O) groups excluding carboxylic acids is 3. The Kier molecular flexibility index (Phi) is 8.51. The summed E-state index contributed by atoms with van der Waals surface area (Å²) in [4.78, 5) is 41.5. The maximum Gasteiger partial charge on any atom is 0.407 e.